The average Bonchev–Trinajstić information content (AvgIpc) is 2.45. The summed E-state index contributed by atoms with van der Waals surface area (Å²) in [6, 6.07) is 9.41. The molecule has 0 saturated carbocycles. The minimum atomic E-state index is -0.274. The van der Waals surface area contributed by atoms with Crippen molar-refractivity contribution in [2.45, 2.75) is 26.0 Å². The zero-order valence-electron chi connectivity index (χ0n) is 11.3. The fourth-order valence-electron chi connectivity index (χ4n) is 1.51. The normalized spacial score (nSPS) is 11.9. The second kappa shape index (κ2) is 9.35. The average molecular weight is 266 g/mol. The fourth-order valence-corrected chi connectivity index (χ4v) is 1.51. The number of rotatable bonds is 8. The zero-order chi connectivity index (χ0) is 13.9. The van der Waals surface area contributed by atoms with E-state index in [1.54, 1.807) is 0 Å². The molecule has 0 heterocycles. The molecule has 5 nitrogen and oxygen atoms in total. The largest absolute Gasteiger partial charge is 0.394 e. The van der Waals surface area contributed by atoms with E-state index in [2.05, 4.69) is 10.6 Å². The van der Waals surface area contributed by atoms with Crippen molar-refractivity contribution in [2.24, 2.45) is 0 Å². The van der Waals surface area contributed by atoms with Crippen molar-refractivity contribution < 1.29 is 14.6 Å². The minimum Gasteiger partial charge on any atom is -0.394 e. The maximum Gasteiger partial charge on any atom is 0.315 e. The molecular formula is C14H22N2O3. The van der Waals surface area contributed by atoms with E-state index >= 15 is 0 Å². The molecule has 106 valence electrons. The standard InChI is InChI=1S/C14H22N2O3/c1-2-13(10-17)16-14(18)15-8-9-19-11-12-6-4-3-5-7-12/h3-7,13,17H,2,8-11H2,1H3,(H2,15,16,18). The summed E-state index contributed by atoms with van der Waals surface area (Å²) in [5.74, 6) is 0. The van der Waals surface area contributed by atoms with Crippen LogP contribution in [0.15, 0.2) is 30.3 Å². The number of carbonyl (C=O) groups excluding carboxylic acids is 1. The lowest BCUT2D eigenvalue weighted by atomic mass is 10.2. The van der Waals surface area contributed by atoms with Crippen LogP contribution in [0.2, 0.25) is 0 Å². The van der Waals surface area contributed by atoms with Crippen LogP contribution in [0.25, 0.3) is 0 Å². The molecule has 1 unspecified atom stereocenters. The topological polar surface area (TPSA) is 70.6 Å². The molecule has 1 atom stereocenters. The number of benzene rings is 1. The first-order valence-electron chi connectivity index (χ1n) is 6.53. The van der Waals surface area contributed by atoms with E-state index in [1.807, 2.05) is 37.3 Å². The summed E-state index contributed by atoms with van der Waals surface area (Å²) in [5.41, 5.74) is 1.11. The summed E-state index contributed by atoms with van der Waals surface area (Å²) >= 11 is 0. The Bertz CT molecular complexity index is 353. The van der Waals surface area contributed by atoms with Gasteiger partial charge in [-0.25, -0.2) is 4.79 Å². The predicted molar refractivity (Wildman–Crippen MR) is 73.8 cm³/mol. The summed E-state index contributed by atoms with van der Waals surface area (Å²) in [6.07, 6.45) is 0.703. The molecule has 0 saturated heterocycles. The summed E-state index contributed by atoms with van der Waals surface area (Å²) < 4.78 is 5.44. The summed E-state index contributed by atoms with van der Waals surface area (Å²) in [6.45, 7) is 3.30. The van der Waals surface area contributed by atoms with Crippen LogP contribution in [0.5, 0.6) is 0 Å². The Kier molecular flexibility index (Phi) is 7.62. The first-order valence-corrected chi connectivity index (χ1v) is 6.53. The number of hydrogen-bond donors (Lipinski definition) is 3. The molecular weight excluding hydrogens is 244 g/mol. The molecule has 0 bridgehead atoms. The van der Waals surface area contributed by atoms with Crippen molar-refractivity contribution in [3.05, 3.63) is 35.9 Å². The van der Waals surface area contributed by atoms with Gasteiger partial charge in [0, 0.05) is 6.54 Å². The van der Waals surface area contributed by atoms with E-state index in [0.717, 1.165) is 5.56 Å². The molecule has 0 aliphatic rings. The highest BCUT2D eigenvalue weighted by Gasteiger charge is 2.07. The fraction of sp³-hybridized carbons (Fsp3) is 0.500. The van der Waals surface area contributed by atoms with Crippen molar-refractivity contribution in [1.82, 2.24) is 10.6 Å². The van der Waals surface area contributed by atoms with Crippen molar-refractivity contribution in [3.8, 4) is 0 Å². The van der Waals surface area contributed by atoms with Gasteiger partial charge in [-0.2, -0.15) is 0 Å². The van der Waals surface area contributed by atoms with Crippen molar-refractivity contribution >= 4 is 6.03 Å². The van der Waals surface area contributed by atoms with E-state index in [-0.39, 0.29) is 18.7 Å². The van der Waals surface area contributed by atoms with Gasteiger partial charge >= 0.3 is 6.03 Å². The first-order chi connectivity index (χ1) is 9.26. The predicted octanol–water partition coefficient (Wildman–Crippen LogP) is 1.27. The zero-order valence-corrected chi connectivity index (χ0v) is 11.3. The molecule has 5 heteroatoms. The van der Waals surface area contributed by atoms with E-state index < -0.39 is 0 Å². The third-order valence-corrected chi connectivity index (χ3v) is 2.69. The van der Waals surface area contributed by atoms with Gasteiger partial charge in [-0.05, 0) is 12.0 Å². The molecule has 19 heavy (non-hydrogen) atoms. The second-order valence-corrected chi connectivity index (χ2v) is 4.23. The lowest BCUT2D eigenvalue weighted by Crippen LogP contribution is -2.44. The third kappa shape index (κ3) is 6.79. The summed E-state index contributed by atoms with van der Waals surface area (Å²) in [7, 11) is 0. The molecule has 0 aliphatic carbocycles. The molecule has 0 aliphatic heterocycles. The van der Waals surface area contributed by atoms with Gasteiger partial charge in [0.2, 0.25) is 0 Å². The number of amides is 2. The van der Waals surface area contributed by atoms with E-state index in [4.69, 9.17) is 9.84 Å². The van der Waals surface area contributed by atoms with E-state index in [0.29, 0.717) is 26.2 Å². The molecule has 3 N–H and O–H groups in total. The van der Waals surface area contributed by atoms with Gasteiger partial charge in [-0.3, -0.25) is 0 Å². The van der Waals surface area contributed by atoms with Crippen molar-refractivity contribution in [3.63, 3.8) is 0 Å². The molecule has 0 radical (unpaired) electrons. The highest BCUT2D eigenvalue weighted by atomic mass is 16.5. The van der Waals surface area contributed by atoms with Crippen molar-refractivity contribution in [1.29, 1.82) is 0 Å². The monoisotopic (exact) mass is 266 g/mol. The number of aliphatic hydroxyl groups excluding tert-OH is 1. The number of hydrogen-bond acceptors (Lipinski definition) is 3. The quantitative estimate of drug-likeness (QED) is 0.621. The molecule has 0 fully saturated rings. The van der Waals surface area contributed by atoms with Gasteiger partial charge in [0.05, 0.1) is 25.9 Å². The maximum atomic E-state index is 11.4. The van der Waals surface area contributed by atoms with Crippen LogP contribution >= 0.6 is 0 Å². The number of ether oxygens (including phenoxy) is 1. The van der Waals surface area contributed by atoms with Gasteiger partial charge in [0.1, 0.15) is 0 Å². The Labute approximate surface area is 114 Å². The number of urea groups is 1. The van der Waals surface area contributed by atoms with Gasteiger partial charge in [0.15, 0.2) is 0 Å². The number of nitrogens with one attached hydrogen (secondary N) is 2. The van der Waals surface area contributed by atoms with Crippen LogP contribution in [-0.2, 0) is 11.3 Å². The Balaban J connectivity index is 2.06. The highest BCUT2D eigenvalue weighted by molar-refractivity contribution is 5.74. The molecule has 1 aromatic rings. The summed E-state index contributed by atoms with van der Waals surface area (Å²) in [5, 5.41) is 14.3. The van der Waals surface area contributed by atoms with E-state index in [9.17, 15) is 4.79 Å². The highest BCUT2D eigenvalue weighted by Crippen LogP contribution is 1.99. The van der Waals surface area contributed by atoms with Crippen molar-refractivity contribution in [2.75, 3.05) is 19.8 Å². The molecule has 1 aromatic carbocycles. The van der Waals surface area contributed by atoms with Crippen LogP contribution in [0, 0.1) is 0 Å². The smallest absolute Gasteiger partial charge is 0.315 e. The molecule has 0 spiro atoms. The lowest BCUT2D eigenvalue weighted by molar-refractivity contribution is 0.123. The molecule has 0 aromatic heterocycles. The maximum absolute atomic E-state index is 11.4. The Hall–Kier alpha value is -1.59. The van der Waals surface area contributed by atoms with Crippen LogP contribution in [-0.4, -0.2) is 36.9 Å². The van der Waals surface area contributed by atoms with Gasteiger partial charge in [-0.1, -0.05) is 37.3 Å². The molecule has 2 amide bonds. The Morgan fingerprint density at radius 2 is 2.11 bits per heavy atom. The van der Waals surface area contributed by atoms with Gasteiger partial charge in [0.25, 0.3) is 0 Å². The minimum absolute atomic E-state index is 0.0472. The number of aliphatic hydroxyl groups is 1. The van der Waals surface area contributed by atoms with Gasteiger partial charge in [-0.15, -0.1) is 0 Å². The van der Waals surface area contributed by atoms with Gasteiger partial charge < -0.3 is 20.5 Å². The SMILES string of the molecule is CCC(CO)NC(=O)NCCOCc1ccccc1. The van der Waals surface area contributed by atoms with Crippen LogP contribution in [0.3, 0.4) is 0 Å². The lowest BCUT2D eigenvalue weighted by Gasteiger charge is -2.14. The Morgan fingerprint density at radius 3 is 2.74 bits per heavy atom. The number of carbonyl (C=O) groups is 1. The molecule has 1 rings (SSSR count). The summed E-state index contributed by atoms with van der Waals surface area (Å²) in [4.78, 5) is 11.4. The Morgan fingerprint density at radius 1 is 1.37 bits per heavy atom. The van der Waals surface area contributed by atoms with Crippen LogP contribution < -0.4 is 10.6 Å². The van der Waals surface area contributed by atoms with Crippen LogP contribution in [0.4, 0.5) is 4.79 Å². The second-order valence-electron chi connectivity index (χ2n) is 4.23. The van der Waals surface area contributed by atoms with Crippen LogP contribution in [0.1, 0.15) is 18.9 Å². The van der Waals surface area contributed by atoms with E-state index in [1.165, 1.54) is 0 Å². The first kappa shape index (κ1) is 15.5. The third-order valence-electron chi connectivity index (χ3n) is 2.69.